The van der Waals surface area contributed by atoms with Gasteiger partial charge in [0.2, 0.25) is 0 Å². The molecular weight excluding hydrogens is 188 g/mol. The maximum atomic E-state index is 5.92. The fourth-order valence-electron chi connectivity index (χ4n) is 1.10. The molecule has 2 rings (SSSR count). The first-order valence-corrected chi connectivity index (χ1v) is 4.61. The Hall–Kier alpha value is -1.03. The van der Waals surface area contributed by atoms with E-state index in [0.29, 0.717) is 28.5 Å². The van der Waals surface area contributed by atoms with Gasteiger partial charge >= 0.3 is 0 Å². The lowest BCUT2D eigenvalue weighted by molar-refractivity contribution is 1.03. The number of nitrogens with two attached hydrogens (primary N) is 1. The highest BCUT2D eigenvalue weighted by molar-refractivity contribution is 6.35. The zero-order valence-corrected chi connectivity index (χ0v) is 8.10. The summed E-state index contributed by atoms with van der Waals surface area (Å²) >= 11 is 5.92. The van der Waals surface area contributed by atoms with Gasteiger partial charge < -0.3 is 11.1 Å². The molecule has 1 saturated carbocycles. The molecule has 1 fully saturated rings. The fraction of sp³-hybridized carbons (Fsp3) is 0.500. The van der Waals surface area contributed by atoms with Crippen molar-refractivity contribution in [2.24, 2.45) is 0 Å². The van der Waals surface area contributed by atoms with Crippen LogP contribution in [0.15, 0.2) is 0 Å². The molecule has 0 spiro atoms. The number of hydrogen-bond donors (Lipinski definition) is 2. The van der Waals surface area contributed by atoms with Gasteiger partial charge in [-0.3, -0.25) is 0 Å². The highest BCUT2D eigenvalue weighted by atomic mass is 35.5. The number of nitrogen functional groups attached to an aromatic ring is 1. The second-order valence-electron chi connectivity index (χ2n) is 3.24. The molecule has 3 N–H and O–H groups in total. The first-order valence-electron chi connectivity index (χ1n) is 4.23. The van der Waals surface area contributed by atoms with Gasteiger partial charge in [-0.2, -0.15) is 0 Å². The minimum Gasteiger partial charge on any atom is -0.382 e. The Morgan fingerprint density at radius 2 is 2.15 bits per heavy atom. The zero-order chi connectivity index (χ0) is 9.42. The van der Waals surface area contributed by atoms with E-state index >= 15 is 0 Å². The van der Waals surface area contributed by atoms with Gasteiger partial charge in [0.1, 0.15) is 16.7 Å². The van der Waals surface area contributed by atoms with Crippen LogP contribution in [0.25, 0.3) is 0 Å². The summed E-state index contributed by atoms with van der Waals surface area (Å²) in [5.74, 6) is 1.65. The van der Waals surface area contributed by atoms with E-state index < -0.39 is 0 Å². The predicted octanol–water partition coefficient (Wildman–Crippen LogP) is 1.59. The molecule has 1 aromatic rings. The predicted molar refractivity (Wildman–Crippen MR) is 52.8 cm³/mol. The number of halogens is 1. The molecule has 0 unspecified atom stereocenters. The van der Waals surface area contributed by atoms with Crippen molar-refractivity contribution in [3.63, 3.8) is 0 Å². The van der Waals surface area contributed by atoms with Crippen LogP contribution in [0.4, 0.5) is 11.6 Å². The lowest BCUT2D eigenvalue weighted by Crippen LogP contribution is -2.07. The van der Waals surface area contributed by atoms with Gasteiger partial charge in [-0.05, 0) is 19.8 Å². The first kappa shape index (κ1) is 8.56. The highest BCUT2D eigenvalue weighted by Crippen LogP contribution is 2.30. The summed E-state index contributed by atoms with van der Waals surface area (Å²) in [7, 11) is 0. The number of aryl methyl sites for hydroxylation is 1. The smallest absolute Gasteiger partial charge is 0.150 e. The summed E-state index contributed by atoms with van der Waals surface area (Å²) in [5, 5.41) is 3.63. The van der Waals surface area contributed by atoms with E-state index in [0.717, 1.165) is 0 Å². The van der Waals surface area contributed by atoms with Gasteiger partial charge in [0.25, 0.3) is 0 Å². The average Bonchev–Trinajstić information content (AvgIpc) is 2.83. The molecule has 4 nitrogen and oxygen atoms in total. The van der Waals surface area contributed by atoms with E-state index in [1.165, 1.54) is 12.8 Å². The molecule has 0 bridgehead atoms. The molecule has 5 heteroatoms. The Morgan fingerprint density at radius 3 is 2.77 bits per heavy atom. The van der Waals surface area contributed by atoms with Crippen molar-refractivity contribution >= 4 is 23.2 Å². The van der Waals surface area contributed by atoms with E-state index in [1.807, 2.05) is 0 Å². The standard InChI is InChI=1S/C8H11ClN4/c1-4-11-7(10)6(9)8(12-4)13-5-2-3-5/h5H,2-3H2,1H3,(H3,10,11,12,13). The van der Waals surface area contributed by atoms with Crippen LogP contribution >= 0.6 is 11.6 Å². The van der Waals surface area contributed by atoms with Gasteiger partial charge in [0.05, 0.1) is 0 Å². The molecule has 0 saturated heterocycles. The third kappa shape index (κ3) is 1.83. The van der Waals surface area contributed by atoms with Crippen LogP contribution in [-0.2, 0) is 0 Å². The Morgan fingerprint density at radius 1 is 1.46 bits per heavy atom. The van der Waals surface area contributed by atoms with Gasteiger partial charge in [0, 0.05) is 6.04 Å². The number of nitrogens with zero attached hydrogens (tertiary/aromatic N) is 2. The van der Waals surface area contributed by atoms with E-state index in [4.69, 9.17) is 17.3 Å². The van der Waals surface area contributed by atoms with Crippen LogP contribution in [0.3, 0.4) is 0 Å². The Kier molecular flexibility index (Phi) is 2.00. The van der Waals surface area contributed by atoms with Crippen molar-refractivity contribution in [2.75, 3.05) is 11.1 Å². The van der Waals surface area contributed by atoms with Gasteiger partial charge in [-0.1, -0.05) is 11.6 Å². The lowest BCUT2D eigenvalue weighted by Gasteiger charge is -2.07. The van der Waals surface area contributed by atoms with Crippen LogP contribution in [0.5, 0.6) is 0 Å². The second-order valence-corrected chi connectivity index (χ2v) is 3.62. The van der Waals surface area contributed by atoms with E-state index in [2.05, 4.69) is 15.3 Å². The Balaban J connectivity index is 2.30. The summed E-state index contributed by atoms with van der Waals surface area (Å²) in [4.78, 5) is 8.14. The monoisotopic (exact) mass is 198 g/mol. The Bertz CT molecular complexity index is 335. The summed E-state index contributed by atoms with van der Waals surface area (Å²) in [6.45, 7) is 1.80. The summed E-state index contributed by atoms with van der Waals surface area (Å²) < 4.78 is 0. The second kappa shape index (κ2) is 3.03. The van der Waals surface area contributed by atoms with Crippen LogP contribution in [0, 0.1) is 6.92 Å². The fourth-order valence-corrected chi connectivity index (χ4v) is 1.24. The zero-order valence-electron chi connectivity index (χ0n) is 7.34. The third-order valence-electron chi connectivity index (χ3n) is 1.91. The Labute approximate surface area is 81.5 Å². The number of aromatic nitrogens is 2. The highest BCUT2D eigenvalue weighted by Gasteiger charge is 2.23. The number of anilines is 2. The van der Waals surface area contributed by atoms with Gasteiger partial charge in [-0.25, -0.2) is 9.97 Å². The number of hydrogen-bond acceptors (Lipinski definition) is 4. The van der Waals surface area contributed by atoms with Crippen molar-refractivity contribution in [1.82, 2.24) is 9.97 Å². The lowest BCUT2D eigenvalue weighted by atomic mass is 10.5. The molecule has 0 aliphatic heterocycles. The molecule has 1 aliphatic carbocycles. The largest absolute Gasteiger partial charge is 0.382 e. The van der Waals surface area contributed by atoms with Crippen molar-refractivity contribution < 1.29 is 0 Å². The van der Waals surface area contributed by atoms with Crippen LogP contribution in [0.1, 0.15) is 18.7 Å². The molecule has 0 radical (unpaired) electrons. The minimum atomic E-state index is 0.345. The van der Waals surface area contributed by atoms with Crippen LogP contribution < -0.4 is 11.1 Å². The van der Waals surface area contributed by atoms with E-state index in [-0.39, 0.29) is 0 Å². The van der Waals surface area contributed by atoms with E-state index in [9.17, 15) is 0 Å². The van der Waals surface area contributed by atoms with Crippen molar-refractivity contribution in [3.8, 4) is 0 Å². The molecule has 0 amide bonds. The van der Waals surface area contributed by atoms with Crippen LogP contribution in [0.2, 0.25) is 5.02 Å². The van der Waals surface area contributed by atoms with Crippen molar-refractivity contribution in [1.29, 1.82) is 0 Å². The number of nitrogens with one attached hydrogen (secondary N) is 1. The molecular formula is C8H11ClN4. The topological polar surface area (TPSA) is 63.8 Å². The first-order chi connectivity index (χ1) is 6.16. The molecule has 70 valence electrons. The molecule has 1 aliphatic rings. The summed E-state index contributed by atoms with van der Waals surface area (Å²) in [6.07, 6.45) is 2.36. The molecule has 1 heterocycles. The number of rotatable bonds is 2. The van der Waals surface area contributed by atoms with Crippen molar-refractivity contribution in [2.45, 2.75) is 25.8 Å². The molecule has 13 heavy (non-hydrogen) atoms. The average molecular weight is 199 g/mol. The SMILES string of the molecule is Cc1nc(N)c(Cl)c(NC2CC2)n1. The van der Waals surface area contributed by atoms with Gasteiger partial charge in [-0.15, -0.1) is 0 Å². The third-order valence-corrected chi connectivity index (χ3v) is 2.28. The quantitative estimate of drug-likeness (QED) is 0.758. The van der Waals surface area contributed by atoms with E-state index in [1.54, 1.807) is 6.92 Å². The molecule has 1 aromatic heterocycles. The minimum absolute atomic E-state index is 0.345. The van der Waals surface area contributed by atoms with Gasteiger partial charge in [0.15, 0.2) is 5.82 Å². The maximum absolute atomic E-state index is 5.92. The molecule has 0 aromatic carbocycles. The molecule has 0 atom stereocenters. The summed E-state index contributed by atoms with van der Waals surface area (Å²) in [5.41, 5.74) is 5.59. The maximum Gasteiger partial charge on any atom is 0.150 e. The normalized spacial score (nSPS) is 15.8. The van der Waals surface area contributed by atoms with Crippen LogP contribution in [-0.4, -0.2) is 16.0 Å². The van der Waals surface area contributed by atoms with Crippen molar-refractivity contribution in [3.05, 3.63) is 10.8 Å². The summed E-state index contributed by atoms with van der Waals surface area (Å²) in [6, 6.07) is 0.520.